The molecule has 1 aliphatic rings. The number of aliphatic hydroxyl groups is 2. The number of nitrogen functional groups attached to an aromatic ring is 1. The lowest BCUT2D eigenvalue weighted by atomic mass is 10.2. The van der Waals surface area contributed by atoms with Crippen molar-refractivity contribution in [3.05, 3.63) is 27.1 Å². The molecule has 1 aliphatic heterocycles. The van der Waals surface area contributed by atoms with Crippen LogP contribution < -0.4 is 11.3 Å². The molecule has 1 fully saturated rings. The van der Waals surface area contributed by atoms with Gasteiger partial charge in [0.05, 0.1) is 18.3 Å². The lowest BCUT2D eigenvalue weighted by Crippen LogP contribution is -2.25. The van der Waals surface area contributed by atoms with Gasteiger partial charge >= 0.3 is 0 Å². The molecule has 104 valence electrons. The van der Waals surface area contributed by atoms with Crippen LogP contribution in [0, 0.1) is 0 Å². The fraction of sp³-hybridized carbons (Fsp3) is 0.455. The van der Waals surface area contributed by atoms with Gasteiger partial charge < -0.3 is 20.7 Å². The molecule has 4 N–H and O–H groups in total. The molecule has 8 heteroatoms. The lowest BCUT2D eigenvalue weighted by Gasteiger charge is -2.17. The molecule has 0 saturated carbocycles. The second-order valence-corrected chi connectivity index (χ2v) is 4.70. The number of aliphatic hydroxyl groups excluding tert-OH is 2. The Balaban J connectivity index is 2.35. The van der Waals surface area contributed by atoms with Crippen molar-refractivity contribution in [2.75, 3.05) is 12.3 Å². The molecule has 0 aliphatic carbocycles. The van der Waals surface area contributed by atoms with Crippen LogP contribution in [0.2, 0.25) is 0 Å². The van der Waals surface area contributed by atoms with Gasteiger partial charge in [0.15, 0.2) is 0 Å². The summed E-state index contributed by atoms with van der Waals surface area (Å²) in [5.41, 5.74) is 5.59. The van der Waals surface area contributed by atoms with E-state index in [-0.39, 0.29) is 19.0 Å². The number of halogens is 1. The molecule has 0 amide bonds. The van der Waals surface area contributed by atoms with E-state index in [0.29, 0.717) is 5.56 Å². The number of rotatable bonds is 3. The smallest absolute Gasteiger partial charge is 0.281 e. The van der Waals surface area contributed by atoms with Crippen LogP contribution in [0.3, 0.4) is 0 Å². The van der Waals surface area contributed by atoms with Gasteiger partial charge in [-0.05, 0) is 11.1 Å². The fourth-order valence-electron chi connectivity index (χ4n) is 1.96. The van der Waals surface area contributed by atoms with Crippen molar-refractivity contribution in [2.45, 2.75) is 24.9 Å². The molecule has 3 unspecified atom stereocenters. The third-order valence-corrected chi connectivity index (χ3v) is 3.21. The summed E-state index contributed by atoms with van der Waals surface area (Å²) in [7, 11) is 0. The monoisotopic (exact) mass is 331 g/mol. The summed E-state index contributed by atoms with van der Waals surface area (Å²) in [4.78, 5) is 16.8. The normalized spacial score (nSPS) is 27.2. The molecule has 1 aromatic rings. The molecule has 19 heavy (non-hydrogen) atoms. The predicted molar refractivity (Wildman–Crippen MR) is 72.5 cm³/mol. The van der Waals surface area contributed by atoms with Gasteiger partial charge in [0.2, 0.25) is 5.95 Å². The van der Waals surface area contributed by atoms with Crippen molar-refractivity contribution in [1.29, 1.82) is 0 Å². The minimum atomic E-state index is -0.774. The SMILES string of the molecule is Nc1nc(=O)c(C=CBr)cn1C1CC(O)C(CO)O1. The molecular formula is C11H14BrN3O4. The molecule has 2 heterocycles. The van der Waals surface area contributed by atoms with Crippen molar-refractivity contribution in [3.8, 4) is 0 Å². The lowest BCUT2D eigenvalue weighted by molar-refractivity contribution is -0.0440. The molecule has 1 aromatic heterocycles. The summed E-state index contributed by atoms with van der Waals surface area (Å²) in [5, 5.41) is 18.7. The Morgan fingerprint density at radius 1 is 1.68 bits per heavy atom. The van der Waals surface area contributed by atoms with Crippen molar-refractivity contribution in [3.63, 3.8) is 0 Å². The largest absolute Gasteiger partial charge is 0.394 e. The van der Waals surface area contributed by atoms with Crippen molar-refractivity contribution in [1.82, 2.24) is 9.55 Å². The van der Waals surface area contributed by atoms with Crippen LogP contribution in [0.15, 0.2) is 16.0 Å². The maximum absolute atomic E-state index is 11.6. The van der Waals surface area contributed by atoms with E-state index >= 15 is 0 Å². The Hall–Kier alpha value is -1.22. The quantitative estimate of drug-likeness (QED) is 0.709. The number of nitrogens with two attached hydrogens (primary N) is 1. The average Bonchev–Trinajstić information content (AvgIpc) is 2.74. The topological polar surface area (TPSA) is 111 Å². The maximum atomic E-state index is 11.6. The van der Waals surface area contributed by atoms with E-state index in [1.807, 2.05) is 0 Å². The van der Waals surface area contributed by atoms with Crippen molar-refractivity contribution < 1.29 is 14.9 Å². The first kappa shape index (κ1) is 14.2. The first-order chi connectivity index (χ1) is 9.06. The van der Waals surface area contributed by atoms with Crippen molar-refractivity contribution >= 4 is 28.0 Å². The van der Waals surface area contributed by atoms with E-state index in [2.05, 4.69) is 20.9 Å². The zero-order valence-corrected chi connectivity index (χ0v) is 11.5. The van der Waals surface area contributed by atoms with Gasteiger partial charge in [0.25, 0.3) is 5.56 Å². The molecule has 1 saturated heterocycles. The van der Waals surface area contributed by atoms with E-state index in [1.54, 1.807) is 6.08 Å². The Labute approximate surface area is 117 Å². The third-order valence-electron chi connectivity index (χ3n) is 2.94. The standard InChI is InChI=1S/C11H14BrN3O4/c12-2-1-6-4-15(11(13)14-10(6)18)9-3-7(17)8(5-16)19-9/h1-2,4,7-9,16-17H,3,5H2,(H2,13,14,18). The number of nitrogens with zero attached hydrogens (tertiary/aromatic N) is 2. The minimum Gasteiger partial charge on any atom is -0.394 e. The van der Waals surface area contributed by atoms with E-state index in [9.17, 15) is 9.90 Å². The average molecular weight is 332 g/mol. The molecular weight excluding hydrogens is 318 g/mol. The van der Waals surface area contributed by atoms with Crippen LogP contribution in [0.5, 0.6) is 0 Å². The van der Waals surface area contributed by atoms with E-state index in [0.717, 1.165) is 0 Å². The van der Waals surface area contributed by atoms with Crippen LogP contribution in [0.1, 0.15) is 18.2 Å². The van der Waals surface area contributed by atoms with Gasteiger partial charge in [0, 0.05) is 12.6 Å². The zero-order chi connectivity index (χ0) is 14.0. The molecule has 0 spiro atoms. The summed E-state index contributed by atoms with van der Waals surface area (Å²) in [6.45, 7) is -0.278. The maximum Gasteiger partial charge on any atom is 0.281 e. The summed E-state index contributed by atoms with van der Waals surface area (Å²) in [5.74, 6) is 0.00696. The molecule has 2 rings (SSSR count). The Kier molecular flexibility index (Phi) is 4.35. The Morgan fingerprint density at radius 3 is 3.00 bits per heavy atom. The summed E-state index contributed by atoms with van der Waals surface area (Å²) < 4.78 is 6.94. The highest BCUT2D eigenvalue weighted by Crippen LogP contribution is 2.29. The molecule has 7 nitrogen and oxygen atoms in total. The first-order valence-electron chi connectivity index (χ1n) is 5.66. The molecule has 0 aromatic carbocycles. The Morgan fingerprint density at radius 2 is 2.42 bits per heavy atom. The third kappa shape index (κ3) is 2.86. The van der Waals surface area contributed by atoms with Crippen LogP contribution >= 0.6 is 15.9 Å². The summed E-state index contributed by atoms with van der Waals surface area (Å²) in [6.07, 6.45) is 1.35. The van der Waals surface area contributed by atoms with E-state index in [1.165, 1.54) is 15.7 Å². The number of hydrogen-bond donors (Lipinski definition) is 3. The molecule has 0 bridgehead atoms. The molecule has 3 atom stereocenters. The number of ether oxygens (including phenoxy) is 1. The van der Waals surface area contributed by atoms with Gasteiger partial charge in [-0.2, -0.15) is 4.98 Å². The number of aromatic nitrogens is 2. The zero-order valence-electron chi connectivity index (χ0n) is 9.94. The number of anilines is 1. The highest BCUT2D eigenvalue weighted by atomic mass is 79.9. The second kappa shape index (κ2) is 5.83. The van der Waals surface area contributed by atoms with E-state index in [4.69, 9.17) is 15.6 Å². The Bertz CT molecular complexity index is 545. The van der Waals surface area contributed by atoms with Gasteiger partial charge in [0.1, 0.15) is 12.3 Å². The fourth-order valence-corrected chi connectivity index (χ4v) is 2.25. The second-order valence-electron chi connectivity index (χ2n) is 4.17. The minimum absolute atomic E-state index is 0.00696. The predicted octanol–water partition coefficient (Wildman–Crippen LogP) is -0.168. The van der Waals surface area contributed by atoms with Gasteiger partial charge in [-0.15, -0.1) is 0 Å². The summed E-state index contributed by atoms with van der Waals surface area (Å²) in [6, 6.07) is 0. The van der Waals surface area contributed by atoms with Gasteiger partial charge in [-0.1, -0.05) is 15.9 Å². The van der Waals surface area contributed by atoms with Gasteiger partial charge in [-0.3, -0.25) is 9.36 Å². The highest BCUT2D eigenvalue weighted by molar-refractivity contribution is 9.11. The van der Waals surface area contributed by atoms with Crippen LogP contribution in [0.25, 0.3) is 6.08 Å². The van der Waals surface area contributed by atoms with Gasteiger partial charge in [-0.25, -0.2) is 0 Å². The highest BCUT2D eigenvalue weighted by Gasteiger charge is 2.35. The van der Waals surface area contributed by atoms with E-state index < -0.39 is 24.0 Å². The van der Waals surface area contributed by atoms with Crippen molar-refractivity contribution in [2.24, 2.45) is 0 Å². The van der Waals surface area contributed by atoms with Crippen LogP contribution in [-0.2, 0) is 4.74 Å². The summed E-state index contributed by atoms with van der Waals surface area (Å²) >= 11 is 3.09. The number of hydrogen-bond acceptors (Lipinski definition) is 6. The van der Waals surface area contributed by atoms with Crippen LogP contribution in [-0.4, -0.2) is 38.6 Å². The van der Waals surface area contributed by atoms with Crippen LogP contribution in [0.4, 0.5) is 5.95 Å². The molecule has 0 radical (unpaired) electrons. The first-order valence-corrected chi connectivity index (χ1v) is 6.58.